The number of benzene rings is 2. The molecule has 2 rings (SSSR count). The van der Waals surface area contributed by atoms with Gasteiger partial charge in [-0.25, -0.2) is 8.42 Å². The first kappa shape index (κ1) is 20.4. The topological polar surface area (TPSA) is 75.7 Å². The predicted octanol–water partition coefficient (Wildman–Crippen LogP) is 2.54. The molecule has 1 N–H and O–H groups in total. The predicted molar refractivity (Wildman–Crippen MR) is 104 cm³/mol. The molecule has 140 valence electrons. The molecule has 0 saturated carbocycles. The van der Waals surface area contributed by atoms with Crippen molar-refractivity contribution in [3.63, 3.8) is 0 Å². The number of nitrogens with zero attached hydrogens (tertiary/aromatic N) is 1. The minimum Gasteiger partial charge on any atom is -0.497 e. The Morgan fingerprint density at radius 3 is 2.19 bits per heavy atom. The summed E-state index contributed by atoms with van der Waals surface area (Å²) in [5, 5.41) is 2.74. The lowest BCUT2D eigenvalue weighted by atomic mass is 10.2. The van der Waals surface area contributed by atoms with Crippen LogP contribution in [0.15, 0.2) is 53.0 Å². The van der Waals surface area contributed by atoms with E-state index in [1.54, 1.807) is 19.2 Å². The molecule has 0 radical (unpaired) electrons. The van der Waals surface area contributed by atoms with Crippen LogP contribution in [0.2, 0.25) is 0 Å². The number of carbonyl (C=O) groups is 1. The molecule has 0 spiro atoms. The maximum atomic E-state index is 12.2. The SMILES string of the molecule is COc1ccc(CNC(=O)CN(Cc2ccc(Br)cc2)S(C)(=O)=O)cc1. The molecule has 0 fully saturated rings. The molecule has 0 atom stereocenters. The van der Waals surface area contributed by atoms with Gasteiger partial charge in [-0.2, -0.15) is 4.31 Å². The van der Waals surface area contributed by atoms with Crippen molar-refractivity contribution in [2.45, 2.75) is 13.1 Å². The van der Waals surface area contributed by atoms with Crippen LogP contribution in [0.3, 0.4) is 0 Å². The number of halogens is 1. The van der Waals surface area contributed by atoms with Gasteiger partial charge in [-0.15, -0.1) is 0 Å². The third-order valence-corrected chi connectivity index (χ3v) is 5.43. The van der Waals surface area contributed by atoms with E-state index in [1.165, 1.54) is 0 Å². The van der Waals surface area contributed by atoms with Crippen molar-refractivity contribution < 1.29 is 17.9 Å². The average molecular weight is 441 g/mol. The van der Waals surface area contributed by atoms with Crippen molar-refractivity contribution in [2.24, 2.45) is 0 Å². The standard InChI is InChI=1S/C18H21BrN2O4S/c1-25-17-9-5-14(6-10-17)11-20-18(22)13-21(26(2,23)24)12-15-3-7-16(19)8-4-15/h3-10H,11-13H2,1-2H3,(H,20,22). The highest BCUT2D eigenvalue weighted by Crippen LogP contribution is 2.14. The van der Waals surface area contributed by atoms with E-state index in [-0.39, 0.29) is 19.0 Å². The molecule has 26 heavy (non-hydrogen) atoms. The Bertz CT molecular complexity index is 836. The Morgan fingerprint density at radius 1 is 1.08 bits per heavy atom. The zero-order chi connectivity index (χ0) is 19.2. The number of amides is 1. The maximum Gasteiger partial charge on any atom is 0.235 e. The van der Waals surface area contributed by atoms with Crippen LogP contribution in [0.25, 0.3) is 0 Å². The van der Waals surface area contributed by atoms with Crippen LogP contribution in [0, 0.1) is 0 Å². The van der Waals surface area contributed by atoms with Gasteiger partial charge in [0.25, 0.3) is 0 Å². The zero-order valence-electron chi connectivity index (χ0n) is 14.6. The van der Waals surface area contributed by atoms with Crippen molar-refractivity contribution >= 4 is 31.9 Å². The van der Waals surface area contributed by atoms with Crippen molar-refractivity contribution in [3.05, 3.63) is 64.1 Å². The average Bonchev–Trinajstić information content (AvgIpc) is 2.61. The minimum absolute atomic E-state index is 0.141. The van der Waals surface area contributed by atoms with Gasteiger partial charge in [0.2, 0.25) is 15.9 Å². The van der Waals surface area contributed by atoms with Crippen LogP contribution < -0.4 is 10.1 Å². The summed E-state index contributed by atoms with van der Waals surface area (Å²) < 4.78 is 31.2. The second-order valence-electron chi connectivity index (χ2n) is 5.78. The molecule has 1 amide bonds. The van der Waals surface area contributed by atoms with Crippen LogP contribution in [-0.2, 0) is 27.9 Å². The van der Waals surface area contributed by atoms with Gasteiger partial charge < -0.3 is 10.1 Å². The molecule has 0 unspecified atom stereocenters. The molecule has 0 bridgehead atoms. The summed E-state index contributed by atoms with van der Waals surface area (Å²) in [6, 6.07) is 14.6. The highest BCUT2D eigenvalue weighted by atomic mass is 79.9. The first-order valence-electron chi connectivity index (χ1n) is 7.87. The normalized spacial score (nSPS) is 11.4. The zero-order valence-corrected chi connectivity index (χ0v) is 17.0. The van der Waals surface area contributed by atoms with Crippen LogP contribution in [0.5, 0.6) is 5.75 Å². The monoisotopic (exact) mass is 440 g/mol. The van der Waals surface area contributed by atoms with Crippen molar-refractivity contribution in [2.75, 3.05) is 19.9 Å². The Hall–Kier alpha value is -1.90. The number of nitrogens with one attached hydrogen (secondary N) is 1. The van der Waals surface area contributed by atoms with Gasteiger partial charge in [-0.3, -0.25) is 4.79 Å². The fourth-order valence-electron chi connectivity index (χ4n) is 2.24. The summed E-state index contributed by atoms with van der Waals surface area (Å²) in [6.45, 7) is 0.228. The molecule has 0 aliphatic heterocycles. The maximum absolute atomic E-state index is 12.2. The van der Waals surface area contributed by atoms with E-state index in [4.69, 9.17) is 4.74 Å². The van der Waals surface area contributed by atoms with E-state index in [1.807, 2.05) is 36.4 Å². The number of rotatable bonds is 8. The lowest BCUT2D eigenvalue weighted by Crippen LogP contribution is -2.39. The second kappa shape index (κ2) is 9.16. The molecule has 0 heterocycles. The van der Waals surface area contributed by atoms with E-state index in [0.29, 0.717) is 6.54 Å². The molecule has 0 aromatic heterocycles. The van der Waals surface area contributed by atoms with Gasteiger partial charge in [-0.05, 0) is 35.4 Å². The van der Waals surface area contributed by atoms with Gasteiger partial charge in [0.15, 0.2) is 0 Å². The summed E-state index contributed by atoms with van der Waals surface area (Å²) in [5.41, 5.74) is 1.71. The summed E-state index contributed by atoms with van der Waals surface area (Å²) >= 11 is 3.34. The molecule has 8 heteroatoms. The van der Waals surface area contributed by atoms with E-state index >= 15 is 0 Å². The highest BCUT2D eigenvalue weighted by molar-refractivity contribution is 9.10. The van der Waals surface area contributed by atoms with Gasteiger partial charge in [0.1, 0.15) is 5.75 Å². The summed E-state index contributed by atoms with van der Waals surface area (Å²) in [4.78, 5) is 12.2. The highest BCUT2D eigenvalue weighted by Gasteiger charge is 2.20. The summed E-state index contributed by atoms with van der Waals surface area (Å²) in [5.74, 6) is 0.376. The Kier molecular flexibility index (Phi) is 7.19. The Labute approximate surface area is 162 Å². The summed E-state index contributed by atoms with van der Waals surface area (Å²) in [6.07, 6.45) is 1.10. The Morgan fingerprint density at radius 2 is 1.65 bits per heavy atom. The largest absolute Gasteiger partial charge is 0.497 e. The summed E-state index contributed by atoms with van der Waals surface area (Å²) in [7, 11) is -1.93. The fraction of sp³-hybridized carbons (Fsp3) is 0.278. The van der Waals surface area contributed by atoms with E-state index in [0.717, 1.165) is 31.9 Å². The first-order valence-corrected chi connectivity index (χ1v) is 10.5. The quantitative estimate of drug-likeness (QED) is 0.683. The minimum atomic E-state index is -3.52. The van der Waals surface area contributed by atoms with Gasteiger partial charge in [-0.1, -0.05) is 40.2 Å². The second-order valence-corrected chi connectivity index (χ2v) is 8.68. The molecular formula is C18H21BrN2O4S. The number of ether oxygens (including phenoxy) is 1. The van der Waals surface area contributed by atoms with E-state index < -0.39 is 10.0 Å². The van der Waals surface area contributed by atoms with Crippen molar-refractivity contribution in [1.29, 1.82) is 0 Å². The molecule has 2 aromatic carbocycles. The Balaban J connectivity index is 1.96. The van der Waals surface area contributed by atoms with Gasteiger partial charge in [0, 0.05) is 17.6 Å². The number of methoxy groups -OCH3 is 1. The van der Waals surface area contributed by atoms with E-state index in [2.05, 4.69) is 21.2 Å². The third kappa shape index (κ3) is 6.44. The third-order valence-electron chi connectivity index (χ3n) is 3.71. The molecule has 2 aromatic rings. The number of hydrogen-bond donors (Lipinski definition) is 1. The van der Waals surface area contributed by atoms with Crippen LogP contribution in [0.4, 0.5) is 0 Å². The molecule has 0 aliphatic carbocycles. The molecule has 0 saturated heterocycles. The van der Waals surface area contributed by atoms with Gasteiger partial charge in [0.05, 0.1) is 19.9 Å². The van der Waals surface area contributed by atoms with E-state index in [9.17, 15) is 13.2 Å². The van der Waals surface area contributed by atoms with Gasteiger partial charge >= 0.3 is 0 Å². The first-order chi connectivity index (χ1) is 12.3. The lowest BCUT2D eigenvalue weighted by molar-refractivity contribution is -0.121. The lowest BCUT2D eigenvalue weighted by Gasteiger charge is -2.19. The molecule has 6 nitrogen and oxygen atoms in total. The molecule has 0 aliphatic rings. The number of hydrogen-bond acceptors (Lipinski definition) is 4. The van der Waals surface area contributed by atoms with Crippen molar-refractivity contribution in [3.8, 4) is 5.75 Å². The molecular weight excluding hydrogens is 420 g/mol. The van der Waals surface area contributed by atoms with Crippen molar-refractivity contribution in [1.82, 2.24) is 9.62 Å². The van der Waals surface area contributed by atoms with Crippen LogP contribution >= 0.6 is 15.9 Å². The smallest absolute Gasteiger partial charge is 0.235 e. The van der Waals surface area contributed by atoms with Crippen LogP contribution in [-0.4, -0.2) is 38.5 Å². The fourth-order valence-corrected chi connectivity index (χ4v) is 3.24. The number of carbonyl (C=O) groups excluding carboxylic acids is 1. The number of sulfonamides is 1. The van der Waals surface area contributed by atoms with Crippen LogP contribution in [0.1, 0.15) is 11.1 Å².